The number of hydrogen-bond donors (Lipinski definition) is 1. The van der Waals surface area contributed by atoms with Crippen molar-refractivity contribution in [1.29, 1.82) is 0 Å². The van der Waals surface area contributed by atoms with Crippen LogP contribution in [0.1, 0.15) is 11.1 Å². The molecule has 0 saturated heterocycles. The van der Waals surface area contributed by atoms with Gasteiger partial charge in [-0.3, -0.25) is 0 Å². The minimum Gasteiger partial charge on any atom is -0.487 e. The first-order valence-electron chi connectivity index (χ1n) is 5.74. The van der Waals surface area contributed by atoms with E-state index in [-0.39, 0.29) is 0 Å². The zero-order valence-electron chi connectivity index (χ0n) is 10.5. The summed E-state index contributed by atoms with van der Waals surface area (Å²) in [7, 11) is 1.72. The quantitative estimate of drug-likeness (QED) is 0.698. The molecule has 0 atom stereocenters. The van der Waals surface area contributed by atoms with Crippen molar-refractivity contribution in [1.82, 2.24) is 0 Å². The van der Waals surface area contributed by atoms with Crippen LogP contribution in [0, 0.1) is 13.8 Å². The molecule has 1 aromatic carbocycles. The molecule has 3 heteroatoms. The molecule has 1 rings (SSSR count). The smallest absolute Gasteiger partial charge is 0.137 e. The number of rotatable bonds is 7. The maximum Gasteiger partial charge on any atom is 0.137 e. The lowest BCUT2D eigenvalue weighted by Crippen LogP contribution is -2.86. The molecule has 0 unspecified atom stereocenters. The predicted octanol–water partition coefficient (Wildman–Crippen LogP) is 0.892. The van der Waals surface area contributed by atoms with Crippen LogP contribution in [-0.4, -0.2) is 33.4 Å². The first-order valence-corrected chi connectivity index (χ1v) is 5.74. The molecule has 0 amide bonds. The van der Waals surface area contributed by atoms with E-state index in [1.54, 1.807) is 7.11 Å². The Morgan fingerprint density at radius 3 is 2.62 bits per heavy atom. The van der Waals surface area contributed by atoms with E-state index >= 15 is 0 Å². The molecule has 90 valence electrons. The van der Waals surface area contributed by atoms with Gasteiger partial charge in [0, 0.05) is 7.11 Å². The minimum atomic E-state index is 0.744. The number of benzene rings is 1. The van der Waals surface area contributed by atoms with Gasteiger partial charge in [-0.1, -0.05) is 12.1 Å². The lowest BCUT2D eigenvalue weighted by molar-refractivity contribution is -0.656. The highest BCUT2D eigenvalue weighted by atomic mass is 16.5. The van der Waals surface area contributed by atoms with E-state index in [1.807, 2.05) is 0 Å². The predicted molar refractivity (Wildman–Crippen MR) is 64.9 cm³/mol. The minimum absolute atomic E-state index is 0.744. The molecule has 0 aliphatic heterocycles. The molecular weight excluding hydrogens is 202 g/mol. The van der Waals surface area contributed by atoms with E-state index in [1.165, 1.54) is 11.1 Å². The summed E-state index contributed by atoms with van der Waals surface area (Å²) in [5.74, 6) is 1.00. The zero-order valence-corrected chi connectivity index (χ0v) is 10.5. The lowest BCUT2D eigenvalue weighted by atomic mass is 10.1. The topological polar surface area (TPSA) is 35.1 Å². The molecule has 3 nitrogen and oxygen atoms in total. The van der Waals surface area contributed by atoms with E-state index in [9.17, 15) is 0 Å². The van der Waals surface area contributed by atoms with Gasteiger partial charge in [-0.15, -0.1) is 0 Å². The first-order chi connectivity index (χ1) is 7.74. The van der Waals surface area contributed by atoms with Gasteiger partial charge in [-0.25, -0.2) is 0 Å². The number of hydrogen-bond acceptors (Lipinski definition) is 2. The van der Waals surface area contributed by atoms with Crippen molar-refractivity contribution in [3.05, 3.63) is 29.3 Å². The summed E-state index contributed by atoms with van der Waals surface area (Å²) in [5.41, 5.74) is 2.44. The van der Waals surface area contributed by atoms with Crippen molar-refractivity contribution < 1.29 is 14.8 Å². The van der Waals surface area contributed by atoms with E-state index in [0.29, 0.717) is 0 Å². The SMILES string of the molecule is COCC[NH2+]CCOc1cc(C)ccc1C. The van der Waals surface area contributed by atoms with Crippen LogP contribution in [0.25, 0.3) is 0 Å². The summed E-state index contributed by atoms with van der Waals surface area (Å²) in [4.78, 5) is 0. The molecule has 2 N–H and O–H groups in total. The van der Waals surface area contributed by atoms with Crippen LogP contribution in [0.3, 0.4) is 0 Å². The molecule has 0 spiro atoms. The molecule has 0 radical (unpaired) electrons. The van der Waals surface area contributed by atoms with Crippen molar-refractivity contribution in [3.8, 4) is 5.75 Å². The van der Waals surface area contributed by atoms with Gasteiger partial charge in [0.15, 0.2) is 0 Å². The van der Waals surface area contributed by atoms with Gasteiger partial charge in [0.25, 0.3) is 0 Å². The number of quaternary nitrogens is 1. The summed E-state index contributed by atoms with van der Waals surface area (Å²) in [6.07, 6.45) is 0. The van der Waals surface area contributed by atoms with Gasteiger partial charge >= 0.3 is 0 Å². The van der Waals surface area contributed by atoms with Gasteiger partial charge in [0.1, 0.15) is 18.9 Å². The number of ether oxygens (including phenoxy) is 2. The molecular formula is C13H22NO2+. The lowest BCUT2D eigenvalue weighted by Gasteiger charge is -2.09. The van der Waals surface area contributed by atoms with Crippen molar-refractivity contribution in [3.63, 3.8) is 0 Å². The fourth-order valence-electron chi connectivity index (χ4n) is 1.46. The Hall–Kier alpha value is -1.06. The molecule has 0 fully saturated rings. The maximum atomic E-state index is 5.73. The molecule has 0 heterocycles. The van der Waals surface area contributed by atoms with Crippen molar-refractivity contribution in [2.24, 2.45) is 0 Å². The summed E-state index contributed by atoms with van der Waals surface area (Å²) in [6, 6.07) is 6.29. The second-order valence-corrected chi connectivity index (χ2v) is 3.98. The Labute approximate surface area is 97.8 Å². The van der Waals surface area contributed by atoms with E-state index in [0.717, 1.165) is 32.1 Å². The van der Waals surface area contributed by atoms with Crippen molar-refractivity contribution in [2.75, 3.05) is 33.4 Å². The third kappa shape index (κ3) is 4.64. The standard InChI is InChI=1S/C13H21NO2/c1-11-4-5-12(2)13(10-11)16-9-7-14-6-8-15-3/h4-5,10,14H,6-9H2,1-3H3/p+1. The Balaban J connectivity index is 2.23. The van der Waals surface area contributed by atoms with Gasteiger partial charge in [-0.05, 0) is 31.0 Å². The van der Waals surface area contributed by atoms with Crippen LogP contribution in [0.5, 0.6) is 5.75 Å². The normalized spacial score (nSPS) is 10.4. The van der Waals surface area contributed by atoms with Crippen LogP contribution in [0.15, 0.2) is 18.2 Å². The van der Waals surface area contributed by atoms with E-state index in [2.05, 4.69) is 37.4 Å². The fourth-order valence-corrected chi connectivity index (χ4v) is 1.46. The zero-order chi connectivity index (χ0) is 11.8. The fraction of sp³-hybridized carbons (Fsp3) is 0.538. The summed E-state index contributed by atoms with van der Waals surface area (Å²) in [5, 5.41) is 2.20. The average Bonchev–Trinajstić information content (AvgIpc) is 2.28. The number of nitrogens with two attached hydrogens (primary N) is 1. The molecule has 16 heavy (non-hydrogen) atoms. The van der Waals surface area contributed by atoms with E-state index < -0.39 is 0 Å². The highest BCUT2D eigenvalue weighted by molar-refractivity contribution is 5.35. The third-order valence-electron chi connectivity index (χ3n) is 2.45. The second kappa shape index (κ2) is 7.25. The van der Waals surface area contributed by atoms with Crippen LogP contribution in [0.4, 0.5) is 0 Å². The summed E-state index contributed by atoms with van der Waals surface area (Å²) >= 11 is 0. The molecule has 0 aromatic heterocycles. The van der Waals surface area contributed by atoms with Crippen LogP contribution >= 0.6 is 0 Å². The highest BCUT2D eigenvalue weighted by Crippen LogP contribution is 2.18. The summed E-state index contributed by atoms with van der Waals surface area (Å²) in [6.45, 7) is 7.65. The van der Waals surface area contributed by atoms with Crippen LogP contribution in [0.2, 0.25) is 0 Å². The second-order valence-electron chi connectivity index (χ2n) is 3.98. The molecule has 0 aliphatic rings. The van der Waals surface area contributed by atoms with Crippen molar-refractivity contribution >= 4 is 0 Å². The maximum absolute atomic E-state index is 5.73. The van der Waals surface area contributed by atoms with Crippen molar-refractivity contribution in [2.45, 2.75) is 13.8 Å². The summed E-state index contributed by atoms with van der Waals surface area (Å²) < 4.78 is 10.7. The van der Waals surface area contributed by atoms with E-state index in [4.69, 9.17) is 9.47 Å². The molecule has 1 aromatic rings. The van der Waals surface area contributed by atoms with Gasteiger partial charge in [0.05, 0.1) is 13.2 Å². The van der Waals surface area contributed by atoms with Crippen LogP contribution < -0.4 is 10.1 Å². The van der Waals surface area contributed by atoms with Crippen LogP contribution in [-0.2, 0) is 4.74 Å². The molecule has 0 saturated carbocycles. The first kappa shape index (κ1) is 13.0. The Morgan fingerprint density at radius 1 is 1.12 bits per heavy atom. The molecule has 0 aliphatic carbocycles. The number of aryl methyl sites for hydroxylation is 2. The third-order valence-corrected chi connectivity index (χ3v) is 2.45. The van der Waals surface area contributed by atoms with Gasteiger partial charge in [-0.2, -0.15) is 0 Å². The van der Waals surface area contributed by atoms with Gasteiger partial charge < -0.3 is 14.8 Å². The number of methoxy groups -OCH3 is 1. The Bertz CT molecular complexity index is 313. The largest absolute Gasteiger partial charge is 0.487 e. The molecule has 0 bridgehead atoms. The monoisotopic (exact) mass is 224 g/mol. The Morgan fingerprint density at radius 2 is 1.88 bits per heavy atom. The average molecular weight is 224 g/mol. The van der Waals surface area contributed by atoms with Gasteiger partial charge in [0.2, 0.25) is 0 Å². The highest BCUT2D eigenvalue weighted by Gasteiger charge is 1.99. The Kier molecular flexibility index (Phi) is 5.90.